The number of rotatable bonds is 6. The number of aromatic nitrogens is 1. The predicted octanol–water partition coefficient (Wildman–Crippen LogP) is 3.08. The molecule has 1 heterocycles. The van der Waals surface area contributed by atoms with Crippen LogP contribution in [0.2, 0.25) is 0 Å². The Hall–Kier alpha value is -1.25. The van der Waals surface area contributed by atoms with Gasteiger partial charge in [0.2, 0.25) is 0 Å². The molecule has 0 spiro atoms. The van der Waals surface area contributed by atoms with Crippen molar-refractivity contribution in [3.63, 3.8) is 0 Å². The van der Waals surface area contributed by atoms with Gasteiger partial charge in [-0.3, -0.25) is 0 Å². The number of hydrogen-bond acceptors (Lipinski definition) is 3. The summed E-state index contributed by atoms with van der Waals surface area (Å²) in [6.45, 7) is 3.89. The third-order valence-corrected chi connectivity index (χ3v) is 3.02. The van der Waals surface area contributed by atoms with Crippen LogP contribution in [0.25, 0.3) is 0 Å². The van der Waals surface area contributed by atoms with Gasteiger partial charge in [0.15, 0.2) is 11.6 Å². The summed E-state index contributed by atoms with van der Waals surface area (Å²) >= 11 is 0. The van der Waals surface area contributed by atoms with Gasteiger partial charge in [-0.2, -0.15) is 0 Å². The third-order valence-electron chi connectivity index (χ3n) is 3.02. The van der Waals surface area contributed by atoms with Crippen molar-refractivity contribution in [2.24, 2.45) is 5.92 Å². The molecule has 0 amide bonds. The van der Waals surface area contributed by atoms with Gasteiger partial charge in [0.25, 0.3) is 0 Å². The third kappa shape index (κ3) is 2.87. The molecule has 1 aliphatic rings. The summed E-state index contributed by atoms with van der Waals surface area (Å²) in [7, 11) is 0. The summed E-state index contributed by atoms with van der Waals surface area (Å²) in [5.74, 6) is 2.60. The van der Waals surface area contributed by atoms with Crippen molar-refractivity contribution in [1.82, 2.24) is 4.98 Å². The molecule has 0 atom stereocenters. The van der Waals surface area contributed by atoms with E-state index in [4.69, 9.17) is 4.74 Å². The second kappa shape index (κ2) is 5.73. The first kappa shape index (κ1) is 11.2. The standard InChI is InChI=1S/C13H20N2O/c1-2-9-16-12-7-4-8-14-13(12)15-10-11-5-3-6-11/h4,7-8,11H,2-3,5-6,9-10H2,1H3,(H,14,15). The molecule has 1 N–H and O–H groups in total. The summed E-state index contributed by atoms with van der Waals surface area (Å²) in [5, 5.41) is 3.39. The number of anilines is 1. The molecule has 0 unspecified atom stereocenters. The van der Waals surface area contributed by atoms with E-state index >= 15 is 0 Å². The highest BCUT2D eigenvalue weighted by molar-refractivity contribution is 5.49. The SMILES string of the molecule is CCCOc1cccnc1NCC1CCC1. The van der Waals surface area contributed by atoms with E-state index < -0.39 is 0 Å². The Morgan fingerprint density at radius 2 is 2.38 bits per heavy atom. The molecule has 0 aromatic carbocycles. The van der Waals surface area contributed by atoms with Crippen molar-refractivity contribution < 1.29 is 4.74 Å². The van der Waals surface area contributed by atoms with Crippen LogP contribution in [-0.2, 0) is 0 Å². The second-order valence-corrected chi connectivity index (χ2v) is 4.38. The first-order valence-corrected chi connectivity index (χ1v) is 6.22. The smallest absolute Gasteiger partial charge is 0.168 e. The molecule has 88 valence electrons. The van der Waals surface area contributed by atoms with Crippen molar-refractivity contribution >= 4 is 5.82 Å². The average molecular weight is 220 g/mol. The Balaban J connectivity index is 1.89. The molecular formula is C13H20N2O. The Morgan fingerprint density at radius 3 is 3.06 bits per heavy atom. The van der Waals surface area contributed by atoms with Gasteiger partial charge in [0.05, 0.1) is 6.61 Å². The number of ether oxygens (including phenoxy) is 1. The molecule has 1 aromatic rings. The first-order valence-electron chi connectivity index (χ1n) is 6.22. The minimum absolute atomic E-state index is 0.754. The van der Waals surface area contributed by atoms with E-state index in [1.807, 2.05) is 18.3 Å². The van der Waals surface area contributed by atoms with E-state index in [0.717, 1.165) is 37.1 Å². The van der Waals surface area contributed by atoms with Gasteiger partial charge >= 0.3 is 0 Å². The van der Waals surface area contributed by atoms with Crippen molar-refractivity contribution in [3.05, 3.63) is 18.3 Å². The Morgan fingerprint density at radius 1 is 1.50 bits per heavy atom. The maximum Gasteiger partial charge on any atom is 0.168 e. The Bertz CT molecular complexity index is 323. The lowest BCUT2D eigenvalue weighted by molar-refractivity contribution is 0.315. The van der Waals surface area contributed by atoms with Crippen LogP contribution in [0.4, 0.5) is 5.82 Å². The Kier molecular flexibility index (Phi) is 4.03. The molecule has 1 aromatic heterocycles. The molecule has 16 heavy (non-hydrogen) atoms. The molecule has 1 fully saturated rings. The van der Waals surface area contributed by atoms with Gasteiger partial charge in [-0.15, -0.1) is 0 Å². The molecule has 0 aliphatic heterocycles. The molecule has 1 saturated carbocycles. The minimum atomic E-state index is 0.754. The monoisotopic (exact) mass is 220 g/mol. The van der Waals surface area contributed by atoms with Crippen molar-refractivity contribution in [2.75, 3.05) is 18.5 Å². The van der Waals surface area contributed by atoms with Gasteiger partial charge < -0.3 is 10.1 Å². The van der Waals surface area contributed by atoms with Crippen LogP contribution in [0.3, 0.4) is 0 Å². The van der Waals surface area contributed by atoms with Gasteiger partial charge in [-0.1, -0.05) is 13.3 Å². The second-order valence-electron chi connectivity index (χ2n) is 4.38. The fourth-order valence-corrected chi connectivity index (χ4v) is 1.79. The first-order chi connectivity index (χ1) is 7.90. The number of pyridine rings is 1. The average Bonchev–Trinajstić information content (AvgIpc) is 2.26. The number of nitrogens with one attached hydrogen (secondary N) is 1. The molecule has 3 nitrogen and oxygen atoms in total. The summed E-state index contributed by atoms with van der Waals surface area (Å²) in [6, 6.07) is 3.89. The van der Waals surface area contributed by atoms with Crippen LogP contribution in [0.5, 0.6) is 5.75 Å². The Labute approximate surface area is 97.2 Å². The van der Waals surface area contributed by atoms with Crippen LogP contribution >= 0.6 is 0 Å². The van der Waals surface area contributed by atoms with E-state index in [0.29, 0.717) is 0 Å². The van der Waals surface area contributed by atoms with Crippen LogP contribution in [0.15, 0.2) is 18.3 Å². The quantitative estimate of drug-likeness (QED) is 0.800. The molecule has 3 heteroatoms. The highest BCUT2D eigenvalue weighted by Crippen LogP contribution is 2.28. The summed E-state index contributed by atoms with van der Waals surface area (Å²) in [4.78, 5) is 4.33. The van der Waals surface area contributed by atoms with Crippen molar-refractivity contribution in [3.8, 4) is 5.75 Å². The fraction of sp³-hybridized carbons (Fsp3) is 0.615. The van der Waals surface area contributed by atoms with Crippen LogP contribution in [0.1, 0.15) is 32.6 Å². The van der Waals surface area contributed by atoms with Gasteiger partial charge in [-0.05, 0) is 37.3 Å². The largest absolute Gasteiger partial charge is 0.490 e. The zero-order chi connectivity index (χ0) is 11.2. The molecular weight excluding hydrogens is 200 g/mol. The number of nitrogens with zero attached hydrogens (tertiary/aromatic N) is 1. The highest BCUT2D eigenvalue weighted by Gasteiger charge is 2.17. The highest BCUT2D eigenvalue weighted by atomic mass is 16.5. The van der Waals surface area contributed by atoms with E-state index in [1.54, 1.807) is 0 Å². The summed E-state index contributed by atoms with van der Waals surface area (Å²) < 4.78 is 5.65. The molecule has 0 saturated heterocycles. The lowest BCUT2D eigenvalue weighted by Gasteiger charge is -2.25. The van der Waals surface area contributed by atoms with E-state index in [2.05, 4.69) is 17.2 Å². The van der Waals surface area contributed by atoms with Crippen LogP contribution < -0.4 is 10.1 Å². The fourth-order valence-electron chi connectivity index (χ4n) is 1.79. The van der Waals surface area contributed by atoms with Gasteiger partial charge in [0.1, 0.15) is 0 Å². The van der Waals surface area contributed by atoms with Gasteiger partial charge in [-0.25, -0.2) is 4.98 Å². The van der Waals surface area contributed by atoms with Crippen LogP contribution in [-0.4, -0.2) is 18.1 Å². The molecule has 0 bridgehead atoms. The van der Waals surface area contributed by atoms with E-state index in [1.165, 1.54) is 19.3 Å². The molecule has 2 rings (SSSR count). The predicted molar refractivity (Wildman–Crippen MR) is 65.9 cm³/mol. The lowest BCUT2D eigenvalue weighted by Crippen LogP contribution is -2.21. The minimum Gasteiger partial charge on any atom is -0.490 e. The van der Waals surface area contributed by atoms with E-state index in [9.17, 15) is 0 Å². The zero-order valence-electron chi connectivity index (χ0n) is 9.91. The lowest BCUT2D eigenvalue weighted by atomic mass is 9.85. The van der Waals surface area contributed by atoms with Crippen LogP contribution in [0, 0.1) is 5.92 Å². The maximum absolute atomic E-state index is 5.65. The van der Waals surface area contributed by atoms with Gasteiger partial charge in [0, 0.05) is 12.7 Å². The normalized spacial score (nSPS) is 15.6. The van der Waals surface area contributed by atoms with E-state index in [-0.39, 0.29) is 0 Å². The topological polar surface area (TPSA) is 34.1 Å². The zero-order valence-corrected chi connectivity index (χ0v) is 9.91. The number of hydrogen-bond donors (Lipinski definition) is 1. The molecule has 0 radical (unpaired) electrons. The summed E-state index contributed by atoms with van der Waals surface area (Å²) in [6.07, 6.45) is 6.92. The van der Waals surface area contributed by atoms with Crippen molar-refractivity contribution in [2.45, 2.75) is 32.6 Å². The van der Waals surface area contributed by atoms with Crippen molar-refractivity contribution in [1.29, 1.82) is 0 Å². The molecule has 1 aliphatic carbocycles. The maximum atomic E-state index is 5.65. The summed E-state index contributed by atoms with van der Waals surface area (Å²) in [5.41, 5.74) is 0.